The van der Waals surface area contributed by atoms with E-state index in [0.29, 0.717) is 12.2 Å². The van der Waals surface area contributed by atoms with Gasteiger partial charge in [0, 0.05) is 19.3 Å². The molecule has 1 rings (SSSR count). The van der Waals surface area contributed by atoms with Crippen LogP contribution in [0.2, 0.25) is 10.2 Å². The lowest BCUT2D eigenvalue weighted by Crippen LogP contribution is -2.35. The Hall–Kier alpha value is -0.840. The first-order valence-corrected chi connectivity index (χ1v) is 5.41. The summed E-state index contributed by atoms with van der Waals surface area (Å²) in [4.78, 5) is 15.5. The van der Waals surface area contributed by atoms with Crippen LogP contribution in [0.25, 0.3) is 0 Å². The van der Waals surface area contributed by atoms with Crippen molar-refractivity contribution in [2.24, 2.45) is 0 Å². The molecule has 0 aliphatic rings. The molecule has 0 aromatic carbocycles. The van der Waals surface area contributed by atoms with E-state index in [1.54, 1.807) is 7.11 Å². The fourth-order valence-electron chi connectivity index (χ4n) is 1.14. The summed E-state index contributed by atoms with van der Waals surface area (Å²) in [6.07, 6.45) is 1.38. The lowest BCUT2D eigenvalue weighted by molar-refractivity contribution is 0.0905. The maximum atomic E-state index is 11.7. The highest BCUT2D eigenvalue weighted by Gasteiger charge is 2.11. The van der Waals surface area contributed by atoms with Gasteiger partial charge >= 0.3 is 0 Å². The van der Waals surface area contributed by atoms with Crippen molar-refractivity contribution in [2.45, 2.75) is 13.0 Å². The molecule has 1 aromatic heterocycles. The minimum atomic E-state index is -0.254. The Labute approximate surface area is 104 Å². The van der Waals surface area contributed by atoms with Crippen molar-refractivity contribution in [2.75, 3.05) is 13.7 Å². The molecule has 4 nitrogen and oxygen atoms in total. The van der Waals surface area contributed by atoms with E-state index in [2.05, 4.69) is 10.3 Å². The molecule has 0 saturated carbocycles. The van der Waals surface area contributed by atoms with Crippen molar-refractivity contribution in [1.82, 2.24) is 10.3 Å². The number of pyridine rings is 1. The summed E-state index contributed by atoms with van der Waals surface area (Å²) in [6, 6.07) is 1.40. The Morgan fingerprint density at radius 1 is 1.62 bits per heavy atom. The Bertz CT molecular complexity index is 385. The Kier molecular flexibility index (Phi) is 4.99. The molecule has 0 saturated heterocycles. The second-order valence-corrected chi connectivity index (χ2v) is 4.09. The standard InChI is InChI=1S/C10H12Cl2N2O2/c1-6(5-16-2)14-10(15)7-3-8(11)9(12)13-4-7/h3-4,6H,5H2,1-2H3,(H,14,15)/t6-/m1/s1. The minimum absolute atomic E-state index is 0.0769. The number of hydrogen-bond acceptors (Lipinski definition) is 3. The molecule has 1 N–H and O–H groups in total. The van der Waals surface area contributed by atoms with E-state index >= 15 is 0 Å². The predicted octanol–water partition coefficient (Wildman–Crippen LogP) is 2.15. The fraction of sp³-hybridized carbons (Fsp3) is 0.400. The van der Waals surface area contributed by atoms with Gasteiger partial charge in [0.15, 0.2) is 0 Å². The Morgan fingerprint density at radius 3 is 2.88 bits per heavy atom. The van der Waals surface area contributed by atoms with Gasteiger partial charge in [0.2, 0.25) is 0 Å². The average molecular weight is 263 g/mol. The number of rotatable bonds is 4. The lowest BCUT2D eigenvalue weighted by Gasteiger charge is -2.12. The average Bonchev–Trinajstić information content (AvgIpc) is 2.22. The third-order valence-corrected chi connectivity index (χ3v) is 2.54. The molecule has 1 amide bonds. The topological polar surface area (TPSA) is 51.2 Å². The van der Waals surface area contributed by atoms with Gasteiger partial charge in [-0.15, -0.1) is 0 Å². The Balaban J connectivity index is 2.69. The maximum absolute atomic E-state index is 11.7. The van der Waals surface area contributed by atoms with Crippen LogP contribution in [0, 0.1) is 0 Å². The highest BCUT2D eigenvalue weighted by molar-refractivity contribution is 6.41. The third-order valence-electron chi connectivity index (χ3n) is 1.85. The van der Waals surface area contributed by atoms with E-state index < -0.39 is 0 Å². The first kappa shape index (κ1) is 13.2. The molecule has 0 aliphatic carbocycles. The van der Waals surface area contributed by atoms with Crippen LogP contribution < -0.4 is 5.32 Å². The number of methoxy groups -OCH3 is 1. The molecule has 1 atom stereocenters. The minimum Gasteiger partial charge on any atom is -0.383 e. The molecule has 16 heavy (non-hydrogen) atoms. The monoisotopic (exact) mass is 262 g/mol. The van der Waals surface area contributed by atoms with Gasteiger partial charge in [-0.25, -0.2) is 4.98 Å². The number of nitrogens with one attached hydrogen (secondary N) is 1. The zero-order valence-corrected chi connectivity index (χ0v) is 10.5. The van der Waals surface area contributed by atoms with Crippen molar-refractivity contribution in [3.8, 4) is 0 Å². The first-order chi connectivity index (χ1) is 7.54. The van der Waals surface area contributed by atoms with Gasteiger partial charge in [0.25, 0.3) is 5.91 Å². The normalized spacial score (nSPS) is 12.2. The van der Waals surface area contributed by atoms with Crippen LogP contribution in [0.4, 0.5) is 0 Å². The van der Waals surface area contributed by atoms with Crippen molar-refractivity contribution in [3.05, 3.63) is 28.0 Å². The SMILES string of the molecule is COC[C@@H](C)NC(=O)c1cnc(Cl)c(Cl)c1. The number of amides is 1. The summed E-state index contributed by atoms with van der Waals surface area (Å²) in [6.45, 7) is 2.28. The fourth-order valence-corrected chi connectivity index (χ4v) is 1.41. The highest BCUT2D eigenvalue weighted by atomic mass is 35.5. The summed E-state index contributed by atoms with van der Waals surface area (Å²) in [7, 11) is 1.57. The van der Waals surface area contributed by atoms with Gasteiger partial charge in [0.1, 0.15) is 5.15 Å². The van der Waals surface area contributed by atoms with Crippen LogP contribution in [0.5, 0.6) is 0 Å². The van der Waals surface area contributed by atoms with Crippen molar-refractivity contribution in [3.63, 3.8) is 0 Å². The van der Waals surface area contributed by atoms with Crippen LogP contribution in [0.1, 0.15) is 17.3 Å². The molecule has 0 fully saturated rings. The molecular weight excluding hydrogens is 251 g/mol. The van der Waals surface area contributed by atoms with Crippen LogP contribution in [0.3, 0.4) is 0 Å². The van der Waals surface area contributed by atoms with E-state index in [4.69, 9.17) is 27.9 Å². The summed E-state index contributed by atoms with van der Waals surface area (Å²) in [5.74, 6) is -0.254. The van der Waals surface area contributed by atoms with Gasteiger partial charge in [0.05, 0.1) is 17.2 Å². The maximum Gasteiger partial charge on any atom is 0.253 e. The van der Waals surface area contributed by atoms with Gasteiger partial charge in [-0.1, -0.05) is 23.2 Å². The highest BCUT2D eigenvalue weighted by Crippen LogP contribution is 2.19. The molecule has 0 unspecified atom stereocenters. The van der Waals surface area contributed by atoms with E-state index in [9.17, 15) is 4.79 Å². The van der Waals surface area contributed by atoms with Crippen LogP contribution in [-0.4, -0.2) is 30.6 Å². The van der Waals surface area contributed by atoms with Crippen molar-refractivity contribution in [1.29, 1.82) is 0 Å². The molecule has 1 aromatic rings. The quantitative estimate of drug-likeness (QED) is 0.847. The summed E-state index contributed by atoms with van der Waals surface area (Å²) >= 11 is 11.4. The molecule has 0 spiro atoms. The van der Waals surface area contributed by atoms with Crippen LogP contribution in [-0.2, 0) is 4.74 Å². The van der Waals surface area contributed by atoms with E-state index in [0.717, 1.165) is 0 Å². The number of carbonyl (C=O) groups excluding carboxylic acids is 1. The lowest BCUT2D eigenvalue weighted by atomic mass is 10.2. The van der Waals surface area contributed by atoms with Gasteiger partial charge in [-0.05, 0) is 13.0 Å². The smallest absolute Gasteiger partial charge is 0.253 e. The number of halogens is 2. The number of ether oxygens (including phenoxy) is 1. The molecule has 0 bridgehead atoms. The summed E-state index contributed by atoms with van der Waals surface area (Å²) in [5, 5.41) is 3.18. The zero-order valence-electron chi connectivity index (χ0n) is 8.96. The molecule has 88 valence electrons. The molecule has 0 aliphatic heterocycles. The molecule has 6 heteroatoms. The predicted molar refractivity (Wildman–Crippen MR) is 63.1 cm³/mol. The van der Waals surface area contributed by atoms with Crippen molar-refractivity contribution < 1.29 is 9.53 Å². The van der Waals surface area contributed by atoms with Gasteiger partial charge in [-0.3, -0.25) is 4.79 Å². The van der Waals surface area contributed by atoms with E-state index in [1.807, 2.05) is 6.92 Å². The zero-order chi connectivity index (χ0) is 12.1. The number of aromatic nitrogens is 1. The molecule has 0 radical (unpaired) electrons. The number of hydrogen-bond donors (Lipinski definition) is 1. The number of carbonyl (C=O) groups is 1. The third kappa shape index (κ3) is 3.63. The molecule has 1 heterocycles. The largest absolute Gasteiger partial charge is 0.383 e. The second kappa shape index (κ2) is 6.03. The van der Waals surface area contributed by atoms with Crippen LogP contribution in [0.15, 0.2) is 12.3 Å². The first-order valence-electron chi connectivity index (χ1n) is 4.65. The number of nitrogens with zero attached hydrogens (tertiary/aromatic N) is 1. The summed E-state index contributed by atoms with van der Waals surface area (Å²) in [5.41, 5.74) is 0.373. The summed E-state index contributed by atoms with van der Waals surface area (Å²) < 4.78 is 4.91. The molecular formula is C10H12Cl2N2O2. The Morgan fingerprint density at radius 2 is 2.31 bits per heavy atom. The van der Waals surface area contributed by atoms with Crippen molar-refractivity contribution >= 4 is 29.1 Å². The van der Waals surface area contributed by atoms with E-state index in [1.165, 1.54) is 12.3 Å². The second-order valence-electron chi connectivity index (χ2n) is 3.33. The van der Waals surface area contributed by atoms with E-state index in [-0.39, 0.29) is 22.1 Å². The van der Waals surface area contributed by atoms with Gasteiger partial charge in [-0.2, -0.15) is 0 Å². The van der Waals surface area contributed by atoms with Gasteiger partial charge < -0.3 is 10.1 Å². The van der Waals surface area contributed by atoms with Crippen LogP contribution >= 0.6 is 23.2 Å².